The van der Waals surface area contributed by atoms with E-state index in [9.17, 15) is 14.4 Å². The third kappa shape index (κ3) is 3.42. The Morgan fingerprint density at radius 2 is 1.84 bits per heavy atom. The van der Waals surface area contributed by atoms with Crippen LogP contribution in [-0.2, 0) is 6.42 Å². The first-order valence-corrected chi connectivity index (χ1v) is 10.2. The van der Waals surface area contributed by atoms with Gasteiger partial charge in [-0.2, -0.15) is 5.26 Å². The lowest BCUT2D eigenvalue weighted by Crippen LogP contribution is -2.24. The van der Waals surface area contributed by atoms with E-state index >= 15 is 0 Å². The van der Waals surface area contributed by atoms with Gasteiger partial charge in [-0.3, -0.25) is 9.59 Å². The first-order valence-electron chi connectivity index (χ1n) is 10.2. The van der Waals surface area contributed by atoms with Crippen molar-refractivity contribution in [1.29, 1.82) is 5.26 Å². The molecule has 156 valence electrons. The Hall–Kier alpha value is -3.72. The second kappa shape index (κ2) is 7.84. The van der Waals surface area contributed by atoms with E-state index in [1.807, 2.05) is 20.8 Å². The fraction of sp³-hybridized carbons (Fsp3) is 0.280. The highest BCUT2D eigenvalue weighted by molar-refractivity contribution is 6.32. The van der Waals surface area contributed by atoms with Gasteiger partial charge in [0.15, 0.2) is 11.4 Å². The summed E-state index contributed by atoms with van der Waals surface area (Å²) in [5, 5.41) is 9.35. The summed E-state index contributed by atoms with van der Waals surface area (Å²) in [7, 11) is 0. The molecule has 0 spiro atoms. The van der Waals surface area contributed by atoms with Crippen molar-refractivity contribution in [3.63, 3.8) is 0 Å². The molecule has 0 N–H and O–H groups in total. The fourth-order valence-electron chi connectivity index (χ4n) is 3.99. The quantitative estimate of drug-likeness (QED) is 0.351. The number of benzene rings is 2. The van der Waals surface area contributed by atoms with E-state index in [0.29, 0.717) is 36.0 Å². The molecular weight excluding hydrogens is 394 g/mol. The molecule has 6 nitrogen and oxygen atoms in total. The molecule has 1 heterocycles. The monoisotopic (exact) mass is 415 g/mol. The number of nitriles is 1. The molecular formula is C25H21NO5. The van der Waals surface area contributed by atoms with Gasteiger partial charge in [0.1, 0.15) is 5.75 Å². The van der Waals surface area contributed by atoms with Crippen LogP contribution in [0.3, 0.4) is 0 Å². The third-order valence-corrected chi connectivity index (χ3v) is 5.37. The second-order valence-electron chi connectivity index (χ2n) is 7.93. The first-order chi connectivity index (χ1) is 14.8. The predicted molar refractivity (Wildman–Crippen MR) is 115 cm³/mol. The SMILES string of the molecule is Cc1cc2c(c3oc(=O)c(CCCC#N)cc13)C(=O)c1c(OC(C)C)cccc1C2=O. The number of aryl methyl sites for hydroxylation is 2. The highest BCUT2D eigenvalue weighted by Crippen LogP contribution is 2.38. The molecule has 1 aliphatic carbocycles. The van der Waals surface area contributed by atoms with Crippen LogP contribution in [0.1, 0.15) is 69.7 Å². The van der Waals surface area contributed by atoms with Crippen LogP contribution in [-0.4, -0.2) is 17.7 Å². The lowest BCUT2D eigenvalue weighted by atomic mass is 9.81. The van der Waals surface area contributed by atoms with Crippen LogP contribution in [0.25, 0.3) is 11.0 Å². The fourth-order valence-corrected chi connectivity index (χ4v) is 3.99. The van der Waals surface area contributed by atoms with Crippen LogP contribution in [0, 0.1) is 18.3 Å². The third-order valence-electron chi connectivity index (χ3n) is 5.37. The normalized spacial score (nSPS) is 12.6. The van der Waals surface area contributed by atoms with Gasteiger partial charge in [-0.1, -0.05) is 12.1 Å². The Kier molecular flexibility index (Phi) is 5.20. The smallest absolute Gasteiger partial charge is 0.339 e. The Balaban J connectivity index is 1.95. The highest BCUT2D eigenvalue weighted by atomic mass is 16.5. The van der Waals surface area contributed by atoms with Crippen molar-refractivity contribution in [1.82, 2.24) is 0 Å². The van der Waals surface area contributed by atoms with E-state index in [1.54, 1.807) is 30.3 Å². The summed E-state index contributed by atoms with van der Waals surface area (Å²) in [6.07, 6.45) is 1.10. The van der Waals surface area contributed by atoms with Gasteiger partial charge >= 0.3 is 5.63 Å². The number of ether oxygens (including phenoxy) is 1. The van der Waals surface area contributed by atoms with Crippen molar-refractivity contribution >= 4 is 22.5 Å². The van der Waals surface area contributed by atoms with E-state index < -0.39 is 11.4 Å². The predicted octanol–water partition coefficient (Wildman–Crippen LogP) is 4.51. The van der Waals surface area contributed by atoms with Crippen LogP contribution in [0.2, 0.25) is 0 Å². The zero-order chi connectivity index (χ0) is 22.3. The molecule has 0 fully saturated rings. The summed E-state index contributed by atoms with van der Waals surface area (Å²) >= 11 is 0. The standard InChI is InChI=1S/C25H21NO5/c1-13(2)30-19-9-6-8-16-20(19)23(28)21-18(22(16)27)11-14(3)17-12-15(7-4-5-10-26)25(29)31-24(17)21/h6,8-9,11-13H,4-5,7H2,1-3H3. The van der Waals surface area contributed by atoms with E-state index in [0.717, 1.165) is 5.56 Å². The average Bonchev–Trinajstić information content (AvgIpc) is 2.72. The summed E-state index contributed by atoms with van der Waals surface area (Å²) in [6, 6.07) is 10.4. The van der Waals surface area contributed by atoms with E-state index in [-0.39, 0.29) is 39.7 Å². The Bertz CT molecular complexity index is 1340. The second-order valence-corrected chi connectivity index (χ2v) is 7.93. The number of carbonyl (C=O) groups is 2. The molecule has 2 aromatic carbocycles. The van der Waals surface area contributed by atoms with Gasteiger partial charge in [0.05, 0.1) is 23.3 Å². The van der Waals surface area contributed by atoms with Gasteiger partial charge in [0.2, 0.25) is 5.78 Å². The van der Waals surface area contributed by atoms with Gasteiger partial charge in [0.25, 0.3) is 0 Å². The van der Waals surface area contributed by atoms with Gasteiger partial charge in [-0.05, 0) is 57.4 Å². The van der Waals surface area contributed by atoms with Crippen LogP contribution >= 0.6 is 0 Å². The number of unbranched alkanes of at least 4 members (excludes halogenated alkanes) is 1. The molecule has 3 aromatic rings. The van der Waals surface area contributed by atoms with E-state index in [1.165, 1.54) is 0 Å². The minimum atomic E-state index is -0.559. The van der Waals surface area contributed by atoms with Crippen molar-refractivity contribution in [2.45, 2.75) is 46.1 Å². The maximum absolute atomic E-state index is 13.6. The number of hydrogen-bond donors (Lipinski definition) is 0. The molecule has 4 rings (SSSR count). The van der Waals surface area contributed by atoms with Crippen LogP contribution in [0.4, 0.5) is 0 Å². The van der Waals surface area contributed by atoms with Gasteiger partial charge in [-0.15, -0.1) is 0 Å². The van der Waals surface area contributed by atoms with Crippen LogP contribution < -0.4 is 10.4 Å². The Morgan fingerprint density at radius 1 is 1.06 bits per heavy atom. The number of carbonyl (C=O) groups excluding carboxylic acids is 2. The maximum atomic E-state index is 13.6. The molecule has 0 saturated carbocycles. The first kappa shape index (κ1) is 20.5. The molecule has 0 bridgehead atoms. The minimum Gasteiger partial charge on any atom is -0.490 e. The summed E-state index contributed by atoms with van der Waals surface area (Å²) < 4.78 is 11.4. The number of ketones is 2. The molecule has 0 saturated heterocycles. The zero-order valence-corrected chi connectivity index (χ0v) is 17.6. The van der Waals surface area contributed by atoms with Crippen molar-refractivity contribution < 1.29 is 18.7 Å². The Labute approximate surface area is 179 Å². The summed E-state index contributed by atoms with van der Waals surface area (Å²) in [6.45, 7) is 5.50. The van der Waals surface area contributed by atoms with Gasteiger partial charge in [0, 0.05) is 28.5 Å². The molecule has 0 radical (unpaired) electrons. The van der Waals surface area contributed by atoms with Crippen LogP contribution in [0.5, 0.6) is 5.75 Å². The lowest BCUT2D eigenvalue weighted by Gasteiger charge is -2.22. The van der Waals surface area contributed by atoms with Crippen LogP contribution in [0.15, 0.2) is 39.5 Å². The molecule has 0 aliphatic heterocycles. The van der Waals surface area contributed by atoms with Crippen molar-refractivity contribution in [3.05, 3.63) is 74.1 Å². The van der Waals surface area contributed by atoms with Crippen molar-refractivity contribution in [2.24, 2.45) is 0 Å². The highest BCUT2D eigenvalue weighted by Gasteiger charge is 2.35. The van der Waals surface area contributed by atoms with Crippen molar-refractivity contribution in [3.8, 4) is 11.8 Å². The number of fused-ring (bicyclic) bond motifs is 4. The lowest BCUT2D eigenvalue weighted by molar-refractivity contribution is 0.0974. The molecule has 0 atom stereocenters. The Morgan fingerprint density at radius 3 is 2.55 bits per heavy atom. The average molecular weight is 415 g/mol. The molecule has 0 unspecified atom stereocenters. The minimum absolute atomic E-state index is 0.0959. The molecule has 6 heteroatoms. The van der Waals surface area contributed by atoms with E-state index in [4.69, 9.17) is 14.4 Å². The molecule has 0 amide bonds. The topological polar surface area (TPSA) is 97.4 Å². The molecule has 1 aliphatic rings. The maximum Gasteiger partial charge on any atom is 0.339 e. The number of hydrogen-bond acceptors (Lipinski definition) is 6. The van der Waals surface area contributed by atoms with Gasteiger partial charge in [-0.25, -0.2) is 4.79 Å². The van der Waals surface area contributed by atoms with Crippen molar-refractivity contribution in [2.75, 3.05) is 0 Å². The zero-order valence-electron chi connectivity index (χ0n) is 17.6. The number of nitrogens with zero attached hydrogens (tertiary/aromatic N) is 1. The summed E-state index contributed by atoms with van der Waals surface area (Å²) in [4.78, 5) is 39.4. The summed E-state index contributed by atoms with van der Waals surface area (Å²) in [5.41, 5.74) is 1.54. The largest absolute Gasteiger partial charge is 0.490 e. The van der Waals surface area contributed by atoms with Gasteiger partial charge < -0.3 is 9.15 Å². The molecule has 1 aromatic heterocycles. The summed E-state index contributed by atoms with van der Waals surface area (Å²) in [5.74, 6) is -0.364. The number of rotatable bonds is 5. The van der Waals surface area contributed by atoms with E-state index in [2.05, 4.69) is 6.07 Å². The molecule has 31 heavy (non-hydrogen) atoms.